The van der Waals surface area contributed by atoms with Gasteiger partial charge in [0.15, 0.2) is 5.96 Å². The van der Waals surface area contributed by atoms with Gasteiger partial charge in [-0.1, -0.05) is 32.9 Å². The first-order valence-electron chi connectivity index (χ1n) is 9.39. The molecule has 2 rings (SSSR count). The SMILES string of the molecule is CN=C(NCCOc1ccc(C(C)(C)C)cc1)NCc1c(C)nn(C)c1C. The van der Waals surface area contributed by atoms with Gasteiger partial charge in [0.05, 0.1) is 12.2 Å². The summed E-state index contributed by atoms with van der Waals surface area (Å²) in [4.78, 5) is 4.26. The molecule has 6 nitrogen and oxygen atoms in total. The van der Waals surface area contributed by atoms with Crippen molar-refractivity contribution in [2.24, 2.45) is 12.0 Å². The molecule has 0 bridgehead atoms. The predicted octanol–water partition coefficient (Wildman–Crippen LogP) is 3.08. The minimum atomic E-state index is 0.156. The lowest BCUT2D eigenvalue weighted by atomic mass is 9.87. The molecular formula is C21H33N5O. The molecule has 0 fully saturated rings. The number of nitrogens with one attached hydrogen (secondary N) is 2. The molecule has 0 spiro atoms. The summed E-state index contributed by atoms with van der Waals surface area (Å²) in [5.74, 6) is 1.64. The topological polar surface area (TPSA) is 63.5 Å². The van der Waals surface area contributed by atoms with Crippen LogP contribution in [0.5, 0.6) is 5.75 Å². The van der Waals surface area contributed by atoms with Gasteiger partial charge in [0.25, 0.3) is 0 Å². The first-order chi connectivity index (χ1) is 12.7. The third-order valence-electron chi connectivity index (χ3n) is 4.70. The van der Waals surface area contributed by atoms with E-state index in [0.717, 1.165) is 23.1 Å². The van der Waals surface area contributed by atoms with E-state index in [4.69, 9.17) is 4.74 Å². The van der Waals surface area contributed by atoms with Gasteiger partial charge < -0.3 is 15.4 Å². The summed E-state index contributed by atoms with van der Waals surface area (Å²) in [6.45, 7) is 12.7. The van der Waals surface area contributed by atoms with Crippen LogP contribution in [0.3, 0.4) is 0 Å². The third kappa shape index (κ3) is 5.74. The molecule has 2 aromatic rings. The average molecular weight is 372 g/mol. The lowest BCUT2D eigenvalue weighted by molar-refractivity contribution is 0.321. The first-order valence-corrected chi connectivity index (χ1v) is 9.39. The molecule has 2 N–H and O–H groups in total. The molecule has 0 aliphatic heterocycles. The number of benzene rings is 1. The van der Waals surface area contributed by atoms with Gasteiger partial charge in [-0.15, -0.1) is 0 Å². The Bertz CT molecular complexity index is 769. The molecule has 0 saturated heterocycles. The van der Waals surface area contributed by atoms with Crippen molar-refractivity contribution in [1.82, 2.24) is 20.4 Å². The highest BCUT2D eigenvalue weighted by atomic mass is 16.5. The van der Waals surface area contributed by atoms with Crippen LogP contribution in [-0.4, -0.2) is 35.9 Å². The molecule has 0 amide bonds. The molecule has 6 heteroatoms. The molecule has 27 heavy (non-hydrogen) atoms. The molecule has 1 aromatic carbocycles. The summed E-state index contributed by atoms with van der Waals surface area (Å²) in [5, 5.41) is 11.1. The van der Waals surface area contributed by atoms with E-state index in [1.54, 1.807) is 7.05 Å². The second-order valence-corrected chi connectivity index (χ2v) is 7.75. The number of guanidine groups is 1. The lowest BCUT2D eigenvalue weighted by Crippen LogP contribution is -2.39. The number of aromatic nitrogens is 2. The van der Waals surface area contributed by atoms with Crippen molar-refractivity contribution >= 4 is 5.96 Å². The molecule has 0 unspecified atom stereocenters. The van der Waals surface area contributed by atoms with Crippen molar-refractivity contribution in [2.45, 2.75) is 46.6 Å². The molecule has 0 atom stereocenters. The van der Waals surface area contributed by atoms with Gasteiger partial charge in [-0.2, -0.15) is 5.10 Å². The Morgan fingerprint density at radius 2 is 1.81 bits per heavy atom. The van der Waals surface area contributed by atoms with Crippen LogP contribution < -0.4 is 15.4 Å². The monoisotopic (exact) mass is 371 g/mol. The fourth-order valence-corrected chi connectivity index (χ4v) is 2.86. The van der Waals surface area contributed by atoms with Crippen LogP contribution in [0.25, 0.3) is 0 Å². The van der Waals surface area contributed by atoms with Crippen molar-refractivity contribution in [3.63, 3.8) is 0 Å². The van der Waals surface area contributed by atoms with Crippen molar-refractivity contribution in [3.05, 3.63) is 46.8 Å². The van der Waals surface area contributed by atoms with Crippen molar-refractivity contribution < 1.29 is 4.74 Å². The maximum atomic E-state index is 5.81. The van der Waals surface area contributed by atoms with Crippen molar-refractivity contribution in [2.75, 3.05) is 20.2 Å². The normalized spacial score (nSPS) is 12.2. The number of ether oxygens (including phenoxy) is 1. The highest BCUT2D eigenvalue weighted by Gasteiger charge is 2.13. The number of nitrogens with zero attached hydrogens (tertiary/aromatic N) is 3. The summed E-state index contributed by atoms with van der Waals surface area (Å²) in [6.07, 6.45) is 0. The Labute approximate surface area is 163 Å². The van der Waals surface area contributed by atoms with Gasteiger partial charge in [-0.3, -0.25) is 9.67 Å². The van der Waals surface area contributed by atoms with Crippen LogP contribution in [-0.2, 0) is 19.0 Å². The second kappa shape index (κ2) is 8.93. The maximum Gasteiger partial charge on any atom is 0.191 e. The zero-order chi connectivity index (χ0) is 20.0. The highest BCUT2D eigenvalue weighted by molar-refractivity contribution is 5.79. The zero-order valence-electron chi connectivity index (χ0n) is 17.7. The van der Waals surface area contributed by atoms with Gasteiger partial charge in [0, 0.05) is 31.9 Å². The molecule has 0 saturated carbocycles. The van der Waals surface area contributed by atoms with E-state index in [1.165, 1.54) is 11.1 Å². The zero-order valence-corrected chi connectivity index (χ0v) is 17.7. The van der Waals surface area contributed by atoms with Crippen LogP contribution in [0, 0.1) is 13.8 Å². The molecular weight excluding hydrogens is 338 g/mol. The molecule has 1 heterocycles. The van der Waals surface area contributed by atoms with E-state index >= 15 is 0 Å². The van der Waals surface area contributed by atoms with Crippen LogP contribution in [0.15, 0.2) is 29.3 Å². The van der Waals surface area contributed by atoms with Gasteiger partial charge in [0.2, 0.25) is 0 Å². The number of hydrogen-bond donors (Lipinski definition) is 2. The van der Waals surface area contributed by atoms with E-state index in [1.807, 2.05) is 30.8 Å². The van der Waals surface area contributed by atoms with E-state index in [-0.39, 0.29) is 5.41 Å². The van der Waals surface area contributed by atoms with Gasteiger partial charge in [0.1, 0.15) is 12.4 Å². The molecule has 148 valence electrons. The minimum Gasteiger partial charge on any atom is -0.492 e. The Hall–Kier alpha value is -2.50. The van der Waals surface area contributed by atoms with Crippen molar-refractivity contribution in [1.29, 1.82) is 0 Å². The molecule has 0 radical (unpaired) electrons. The number of hydrogen-bond acceptors (Lipinski definition) is 3. The summed E-state index contributed by atoms with van der Waals surface area (Å²) >= 11 is 0. The largest absolute Gasteiger partial charge is 0.492 e. The third-order valence-corrected chi connectivity index (χ3v) is 4.70. The van der Waals surface area contributed by atoms with E-state index in [9.17, 15) is 0 Å². The van der Waals surface area contributed by atoms with Crippen LogP contribution >= 0.6 is 0 Å². The Morgan fingerprint density at radius 3 is 2.33 bits per heavy atom. The Morgan fingerprint density at radius 1 is 1.15 bits per heavy atom. The smallest absolute Gasteiger partial charge is 0.191 e. The van der Waals surface area contributed by atoms with Gasteiger partial charge in [-0.05, 0) is 37.0 Å². The minimum absolute atomic E-state index is 0.156. The van der Waals surface area contributed by atoms with E-state index in [0.29, 0.717) is 19.7 Å². The second-order valence-electron chi connectivity index (χ2n) is 7.75. The van der Waals surface area contributed by atoms with E-state index < -0.39 is 0 Å². The molecule has 0 aliphatic rings. The molecule has 0 aliphatic carbocycles. The summed E-state index contributed by atoms with van der Waals surface area (Å²) in [7, 11) is 3.73. The Balaban J connectivity index is 1.76. The fraction of sp³-hybridized carbons (Fsp3) is 0.524. The highest BCUT2D eigenvalue weighted by Crippen LogP contribution is 2.24. The molecule has 1 aromatic heterocycles. The van der Waals surface area contributed by atoms with Gasteiger partial charge >= 0.3 is 0 Å². The maximum absolute atomic E-state index is 5.81. The number of aryl methyl sites for hydroxylation is 2. The summed E-state index contributed by atoms with van der Waals surface area (Å²) < 4.78 is 7.72. The summed E-state index contributed by atoms with van der Waals surface area (Å²) in [6, 6.07) is 8.31. The lowest BCUT2D eigenvalue weighted by Gasteiger charge is -2.19. The predicted molar refractivity (Wildman–Crippen MR) is 112 cm³/mol. The van der Waals surface area contributed by atoms with Crippen molar-refractivity contribution in [3.8, 4) is 5.75 Å². The van der Waals surface area contributed by atoms with Crippen LogP contribution in [0.2, 0.25) is 0 Å². The summed E-state index contributed by atoms with van der Waals surface area (Å²) in [5.41, 5.74) is 4.87. The average Bonchev–Trinajstić information content (AvgIpc) is 2.86. The number of rotatable bonds is 6. The van der Waals surface area contributed by atoms with Gasteiger partial charge in [-0.25, -0.2) is 0 Å². The van der Waals surface area contributed by atoms with Crippen LogP contribution in [0.4, 0.5) is 0 Å². The van der Waals surface area contributed by atoms with Crippen LogP contribution in [0.1, 0.15) is 43.3 Å². The van der Waals surface area contributed by atoms with E-state index in [2.05, 4.69) is 60.6 Å². The number of aliphatic imine (C=N–C) groups is 1. The first kappa shape index (κ1) is 20.8. The fourth-order valence-electron chi connectivity index (χ4n) is 2.86. The Kier molecular flexibility index (Phi) is 6.88. The quantitative estimate of drug-likeness (QED) is 0.465. The standard InChI is InChI=1S/C21H33N5O/c1-15-19(16(2)26(7)25-15)14-24-20(22-6)23-12-13-27-18-10-8-17(9-11-18)21(3,4)5/h8-11H,12-14H2,1-7H3,(H2,22,23,24).